The molecule has 1 heterocycles. The quantitative estimate of drug-likeness (QED) is 0.813. The van der Waals surface area contributed by atoms with Gasteiger partial charge in [0.15, 0.2) is 0 Å². The molecule has 18 heavy (non-hydrogen) atoms. The molecule has 1 unspecified atom stereocenters. The second-order valence-corrected chi connectivity index (χ2v) is 5.95. The fourth-order valence-electron chi connectivity index (χ4n) is 3.38. The van der Waals surface area contributed by atoms with Gasteiger partial charge in [0.1, 0.15) is 0 Å². The molecular formula is C16H22N2. The predicted molar refractivity (Wildman–Crippen MR) is 77.3 cm³/mol. The molecule has 3 rings (SSSR count). The number of H-pyrrole nitrogens is 1. The Labute approximate surface area is 109 Å². The molecule has 0 spiro atoms. The molecule has 0 saturated carbocycles. The third-order valence-corrected chi connectivity index (χ3v) is 4.33. The van der Waals surface area contributed by atoms with Crippen LogP contribution >= 0.6 is 0 Å². The molecule has 96 valence electrons. The molecule has 2 nitrogen and oxygen atoms in total. The Morgan fingerprint density at radius 2 is 2.00 bits per heavy atom. The number of hydrogen-bond donors (Lipinski definition) is 1. The molecule has 1 aromatic heterocycles. The van der Waals surface area contributed by atoms with Crippen LogP contribution in [0.1, 0.15) is 28.8 Å². The van der Waals surface area contributed by atoms with Crippen molar-refractivity contribution in [1.82, 2.24) is 9.88 Å². The average Bonchev–Trinajstić information content (AvgIpc) is 2.65. The van der Waals surface area contributed by atoms with Gasteiger partial charge in [-0.05, 0) is 70.0 Å². The fraction of sp³-hybridized carbons (Fsp3) is 0.500. The topological polar surface area (TPSA) is 19.0 Å². The van der Waals surface area contributed by atoms with Crippen LogP contribution in [0.2, 0.25) is 0 Å². The van der Waals surface area contributed by atoms with Crippen LogP contribution in [0, 0.1) is 13.8 Å². The number of nitrogens with zero attached hydrogens (tertiary/aromatic N) is 1. The lowest BCUT2D eigenvalue weighted by Gasteiger charge is -2.28. The molecule has 0 aliphatic heterocycles. The van der Waals surface area contributed by atoms with Crippen molar-refractivity contribution in [1.29, 1.82) is 0 Å². The van der Waals surface area contributed by atoms with Gasteiger partial charge in [0.05, 0.1) is 0 Å². The Kier molecular flexibility index (Phi) is 2.70. The van der Waals surface area contributed by atoms with Gasteiger partial charge < -0.3 is 9.88 Å². The van der Waals surface area contributed by atoms with Gasteiger partial charge in [0.25, 0.3) is 0 Å². The van der Waals surface area contributed by atoms with E-state index in [1.54, 1.807) is 5.56 Å². The molecule has 1 atom stereocenters. The summed E-state index contributed by atoms with van der Waals surface area (Å²) in [5, 5.41) is 1.47. The maximum absolute atomic E-state index is 3.64. The largest absolute Gasteiger partial charge is 0.358 e. The average molecular weight is 242 g/mol. The SMILES string of the molecule is Cc1cc(C)c2c3c([nH]c2c1)CCC(N(C)C)C3. The van der Waals surface area contributed by atoms with Crippen LogP contribution < -0.4 is 0 Å². The van der Waals surface area contributed by atoms with Crippen LogP contribution in [0.15, 0.2) is 12.1 Å². The van der Waals surface area contributed by atoms with E-state index >= 15 is 0 Å². The second-order valence-electron chi connectivity index (χ2n) is 5.95. The van der Waals surface area contributed by atoms with E-state index in [1.807, 2.05) is 0 Å². The second kappa shape index (κ2) is 4.13. The van der Waals surface area contributed by atoms with Gasteiger partial charge in [-0.15, -0.1) is 0 Å². The Morgan fingerprint density at radius 1 is 1.22 bits per heavy atom. The van der Waals surface area contributed by atoms with Gasteiger partial charge in [-0.2, -0.15) is 0 Å². The molecule has 2 aromatic rings. The van der Waals surface area contributed by atoms with Crippen molar-refractivity contribution in [2.75, 3.05) is 14.1 Å². The van der Waals surface area contributed by atoms with Crippen molar-refractivity contribution in [3.63, 3.8) is 0 Å². The summed E-state index contributed by atoms with van der Waals surface area (Å²) in [4.78, 5) is 6.01. The third-order valence-electron chi connectivity index (χ3n) is 4.33. The van der Waals surface area contributed by atoms with Gasteiger partial charge in [0.2, 0.25) is 0 Å². The van der Waals surface area contributed by atoms with Gasteiger partial charge in [-0.25, -0.2) is 0 Å². The number of hydrogen-bond acceptors (Lipinski definition) is 1. The maximum Gasteiger partial charge on any atom is 0.0464 e. The monoisotopic (exact) mass is 242 g/mol. The lowest BCUT2D eigenvalue weighted by Crippen LogP contribution is -2.33. The maximum atomic E-state index is 3.64. The van der Waals surface area contributed by atoms with Crippen LogP contribution in [-0.2, 0) is 12.8 Å². The molecule has 0 bridgehead atoms. The summed E-state index contributed by atoms with van der Waals surface area (Å²) in [7, 11) is 4.39. The van der Waals surface area contributed by atoms with E-state index in [2.05, 4.69) is 50.0 Å². The first-order valence-electron chi connectivity index (χ1n) is 6.83. The highest BCUT2D eigenvalue weighted by molar-refractivity contribution is 5.88. The highest BCUT2D eigenvalue weighted by atomic mass is 15.1. The normalized spacial score (nSPS) is 19.5. The highest BCUT2D eigenvalue weighted by Crippen LogP contribution is 2.33. The minimum Gasteiger partial charge on any atom is -0.358 e. The number of benzene rings is 1. The summed E-state index contributed by atoms with van der Waals surface area (Å²) in [6, 6.07) is 5.28. The first-order valence-corrected chi connectivity index (χ1v) is 6.83. The molecule has 0 fully saturated rings. The van der Waals surface area contributed by atoms with E-state index in [9.17, 15) is 0 Å². The molecule has 0 saturated heterocycles. The van der Waals surface area contributed by atoms with Crippen molar-refractivity contribution in [3.8, 4) is 0 Å². The van der Waals surface area contributed by atoms with Gasteiger partial charge in [-0.3, -0.25) is 0 Å². The van der Waals surface area contributed by atoms with Crippen LogP contribution in [0.25, 0.3) is 10.9 Å². The standard InChI is InChI=1S/C16H22N2/c1-10-7-11(2)16-13-9-12(18(3)4)5-6-14(13)17-15(16)8-10/h7-8,12,17H,5-6,9H2,1-4H3. The van der Waals surface area contributed by atoms with Crippen LogP contribution in [0.4, 0.5) is 0 Å². The zero-order chi connectivity index (χ0) is 12.9. The number of rotatable bonds is 1. The summed E-state index contributed by atoms with van der Waals surface area (Å²) in [6.07, 6.45) is 3.64. The zero-order valence-corrected chi connectivity index (χ0v) is 11.8. The number of aryl methyl sites for hydroxylation is 3. The smallest absolute Gasteiger partial charge is 0.0464 e. The van der Waals surface area contributed by atoms with Crippen LogP contribution in [-0.4, -0.2) is 30.0 Å². The van der Waals surface area contributed by atoms with Crippen LogP contribution in [0.3, 0.4) is 0 Å². The fourth-order valence-corrected chi connectivity index (χ4v) is 3.38. The van der Waals surface area contributed by atoms with Crippen LogP contribution in [0.5, 0.6) is 0 Å². The van der Waals surface area contributed by atoms with E-state index in [-0.39, 0.29) is 0 Å². The lowest BCUT2D eigenvalue weighted by molar-refractivity contribution is 0.268. The van der Waals surface area contributed by atoms with Gasteiger partial charge >= 0.3 is 0 Å². The van der Waals surface area contributed by atoms with Crippen molar-refractivity contribution < 1.29 is 0 Å². The van der Waals surface area contributed by atoms with E-state index < -0.39 is 0 Å². The zero-order valence-electron chi connectivity index (χ0n) is 11.8. The summed E-state index contributed by atoms with van der Waals surface area (Å²) in [5.74, 6) is 0. The minimum atomic E-state index is 0.692. The van der Waals surface area contributed by atoms with Gasteiger partial charge in [-0.1, -0.05) is 6.07 Å². The lowest BCUT2D eigenvalue weighted by atomic mass is 9.89. The van der Waals surface area contributed by atoms with Gasteiger partial charge in [0, 0.05) is 22.6 Å². The van der Waals surface area contributed by atoms with E-state index in [1.165, 1.54) is 47.0 Å². The molecular weight excluding hydrogens is 220 g/mol. The highest BCUT2D eigenvalue weighted by Gasteiger charge is 2.24. The Bertz CT molecular complexity index is 593. The summed E-state index contributed by atoms with van der Waals surface area (Å²) >= 11 is 0. The molecule has 0 amide bonds. The number of aromatic amines is 1. The van der Waals surface area contributed by atoms with E-state index in [0.29, 0.717) is 6.04 Å². The molecule has 1 aliphatic rings. The molecule has 1 aliphatic carbocycles. The number of likely N-dealkylation sites (N-methyl/N-ethyl adjacent to an activating group) is 1. The van der Waals surface area contributed by atoms with Crippen molar-refractivity contribution in [3.05, 3.63) is 34.5 Å². The summed E-state index contributed by atoms with van der Waals surface area (Å²) < 4.78 is 0. The minimum absolute atomic E-state index is 0.692. The Hall–Kier alpha value is -1.28. The summed E-state index contributed by atoms with van der Waals surface area (Å²) in [5.41, 5.74) is 7.13. The van der Waals surface area contributed by atoms with Crippen molar-refractivity contribution in [2.24, 2.45) is 0 Å². The van der Waals surface area contributed by atoms with Crippen molar-refractivity contribution >= 4 is 10.9 Å². The third kappa shape index (κ3) is 1.76. The Morgan fingerprint density at radius 3 is 2.72 bits per heavy atom. The molecule has 2 heteroatoms. The predicted octanol–water partition coefficient (Wildman–Crippen LogP) is 3.20. The molecule has 1 N–H and O–H groups in total. The van der Waals surface area contributed by atoms with Crippen molar-refractivity contribution in [2.45, 2.75) is 39.2 Å². The summed E-state index contributed by atoms with van der Waals surface area (Å²) in [6.45, 7) is 4.41. The number of nitrogens with one attached hydrogen (secondary N) is 1. The number of fused-ring (bicyclic) bond motifs is 3. The van der Waals surface area contributed by atoms with E-state index in [4.69, 9.17) is 0 Å². The number of aromatic nitrogens is 1. The Balaban J connectivity index is 2.15. The van der Waals surface area contributed by atoms with E-state index in [0.717, 1.165) is 0 Å². The molecule has 1 aromatic carbocycles. The molecule has 0 radical (unpaired) electrons. The first-order chi connectivity index (χ1) is 8.56. The first kappa shape index (κ1) is 11.8.